The van der Waals surface area contributed by atoms with Gasteiger partial charge in [0.15, 0.2) is 0 Å². The van der Waals surface area contributed by atoms with E-state index in [-0.39, 0.29) is 5.84 Å². The van der Waals surface area contributed by atoms with E-state index in [2.05, 4.69) is 4.98 Å². The number of nitrogens with one attached hydrogen (secondary N) is 1. The van der Waals surface area contributed by atoms with Gasteiger partial charge in [-0.05, 0) is 25.1 Å². The van der Waals surface area contributed by atoms with Crippen LogP contribution < -0.4 is 10.6 Å². The first-order chi connectivity index (χ1) is 8.97. The third-order valence-electron chi connectivity index (χ3n) is 2.73. The lowest BCUT2D eigenvalue weighted by molar-refractivity contribution is 0.889. The van der Waals surface area contributed by atoms with Crippen molar-refractivity contribution in [3.8, 4) is 0 Å². The summed E-state index contributed by atoms with van der Waals surface area (Å²) in [5, 5.41) is 11.3. The number of anilines is 1. The first kappa shape index (κ1) is 13.8. The van der Waals surface area contributed by atoms with Gasteiger partial charge in [0.25, 0.3) is 0 Å². The van der Waals surface area contributed by atoms with E-state index in [1.807, 2.05) is 30.3 Å². The summed E-state index contributed by atoms with van der Waals surface area (Å²) >= 11 is 7.65. The standard InChI is InChI=1S/C13H15ClN4S/c1-8-17-10(7-19-8)6-18(2)12-5-9(14)3-4-11(12)13(15)16/h3-5,7H,6H2,1-2H3,(H3,15,16). The Labute approximate surface area is 121 Å². The van der Waals surface area contributed by atoms with Gasteiger partial charge >= 0.3 is 0 Å². The molecule has 0 aliphatic rings. The molecule has 0 amide bonds. The zero-order chi connectivity index (χ0) is 14.0. The Kier molecular flexibility index (Phi) is 4.07. The number of rotatable bonds is 4. The minimum absolute atomic E-state index is 0.0352. The lowest BCUT2D eigenvalue weighted by atomic mass is 10.1. The normalized spacial score (nSPS) is 10.5. The predicted octanol–water partition coefficient (Wildman–Crippen LogP) is 3.03. The maximum Gasteiger partial charge on any atom is 0.124 e. The highest BCUT2D eigenvalue weighted by atomic mass is 35.5. The highest BCUT2D eigenvalue weighted by Crippen LogP contribution is 2.25. The molecule has 0 radical (unpaired) electrons. The maximum absolute atomic E-state index is 7.62. The molecule has 0 spiro atoms. The van der Waals surface area contributed by atoms with Crippen LogP contribution in [0.3, 0.4) is 0 Å². The van der Waals surface area contributed by atoms with Crippen LogP contribution in [0.2, 0.25) is 5.02 Å². The van der Waals surface area contributed by atoms with Crippen LogP contribution in [0, 0.1) is 12.3 Å². The molecule has 1 aromatic heterocycles. The number of hydrogen-bond donors (Lipinski definition) is 2. The van der Waals surface area contributed by atoms with Crippen LogP contribution in [0.5, 0.6) is 0 Å². The van der Waals surface area contributed by atoms with Crippen molar-refractivity contribution >= 4 is 34.5 Å². The number of hydrogen-bond acceptors (Lipinski definition) is 4. The molecule has 0 saturated carbocycles. The molecule has 0 bridgehead atoms. The van der Waals surface area contributed by atoms with Crippen molar-refractivity contribution in [2.75, 3.05) is 11.9 Å². The first-order valence-corrected chi connectivity index (χ1v) is 6.99. The highest BCUT2D eigenvalue weighted by molar-refractivity contribution is 7.09. The van der Waals surface area contributed by atoms with Gasteiger partial charge in [-0.15, -0.1) is 11.3 Å². The molecule has 2 rings (SSSR count). The predicted molar refractivity (Wildman–Crippen MR) is 81.4 cm³/mol. The number of nitrogens with zero attached hydrogens (tertiary/aromatic N) is 2. The molecule has 0 atom stereocenters. The quantitative estimate of drug-likeness (QED) is 0.673. The van der Waals surface area contributed by atoms with Crippen LogP contribution in [0.1, 0.15) is 16.3 Å². The summed E-state index contributed by atoms with van der Waals surface area (Å²) in [6, 6.07) is 5.32. The monoisotopic (exact) mass is 294 g/mol. The molecule has 0 aliphatic carbocycles. The van der Waals surface area contributed by atoms with Crippen molar-refractivity contribution in [1.29, 1.82) is 5.41 Å². The zero-order valence-corrected chi connectivity index (χ0v) is 12.3. The number of benzene rings is 1. The molecule has 0 saturated heterocycles. The van der Waals surface area contributed by atoms with Crippen LogP contribution in [0.4, 0.5) is 5.69 Å². The molecule has 100 valence electrons. The van der Waals surface area contributed by atoms with Gasteiger partial charge in [0, 0.05) is 28.7 Å². The molecule has 2 aromatic rings. The molecule has 1 aromatic carbocycles. The van der Waals surface area contributed by atoms with Crippen LogP contribution >= 0.6 is 22.9 Å². The smallest absolute Gasteiger partial charge is 0.124 e. The summed E-state index contributed by atoms with van der Waals surface area (Å²) in [6.45, 7) is 2.64. The molecular weight excluding hydrogens is 280 g/mol. The first-order valence-electron chi connectivity index (χ1n) is 5.73. The van der Waals surface area contributed by atoms with E-state index in [9.17, 15) is 0 Å². The Bertz CT molecular complexity index is 608. The van der Waals surface area contributed by atoms with E-state index in [4.69, 9.17) is 22.7 Å². The lowest BCUT2D eigenvalue weighted by Gasteiger charge is -2.21. The van der Waals surface area contributed by atoms with Crippen LogP contribution in [-0.4, -0.2) is 17.9 Å². The van der Waals surface area contributed by atoms with E-state index >= 15 is 0 Å². The van der Waals surface area contributed by atoms with E-state index < -0.39 is 0 Å². The molecule has 0 aliphatic heterocycles. The Balaban J connectivity index is 2.29. The van der Waals surface area contributed by atoms with Gasteiger partial charge in [-0.3, -0.25) is 5.41 Å². The van der Waals surface area contributed by atoms with Gasteiger partial charge in [-0.2, -0.15) is 0 Å². The Morgan fingerprint density at radius 1 is 1.53 bits per heavy atom. The third-order valence-corrected chi connectivity index (χ3v) is 3.78. The number of aryl methyl sites for hydroxylation is 1. The van der Waals surface area contributed by atoms with Gasteiger partial charge in [-0.25, -0.2) is 4.98 Å². The van der Waals surface area contributed by atoms with E-state index in [0.29, 0.717) is 17.1 Å². The number of aromatic nitrogens is 1. The average Bonchev–Trinajstić information content (AvgIpc) is 2.74. The van der Waals surface area contributed by atoms with Gasteiger partial charge < -0.3 is 10.6 Å². The van der Waals surface area contributed by atoms with Crippen molar-refractivity contribution in [2.45, 2.75) is 13.5 Å². The van der Waals surface area contributed by atoms with Crippen LogP contribution in [0.25, 0.3) is 0 Å². The van der Waals surface area contributed by atoms with Gasteiger partial charge in [0.05, 0.1) is 17.2 Å². The van der Waals surface area contributed by atoms with Crippen LogP contribution in [0.15, 0.2) is 23.6 Å². The molecule has 0 unspecified atom stereocenters. The molecular formula is C13H15ClN4S. The molecule has 3 N–H and O–H groups in total. The van der Waals surface area contributed by atoms with E-state index in [1.165, 1.54) is 0 Å². The van der Waals surface area contributed by atoms with Crippen molar-refractivity contribution < 1.29 is 0 Å². The van der Waals surface area contributed by atoms with Crippen molar-refractivity contribution in [2.24, 2.45) is 5.73 Å². The summed E-state index contributed by atoms with van der Waals surface area (Å²) in [7, 11) is 1.94. The summed E-state index contributed by atoms with van der Waals surface area (Å²) in [5.74, 6) is 0.0352. The Morgan fingerprint density at radius 3 is 2.84 bits per heavy atom. The van der Waals surface area contributed by atoms with Crippen molar-refractivity contribution in [3.05, 3.63) is 44.9 Å². The SMILES string of the molecule is Cc1nc(CN(C)c2cc(Cl)ccc2C(=N)N)cs1. The van der Waals surface area contributed by atoms with E-state index in [1.54, 1.807) is 23.5 Å². The van der Waals surface area contributed by atoms with Crippen molar-refractivity contribution in [1.82, 2.24) is 4.98 Å². The summed E-state index contributed by atoms with van der Waals surface area (Å²) in [5.41, 5.74) is 8.12. The topological polar surface area (TPSA) is 66.0 Å². The summed E-state index contributed by atoms with van der Waals surface area (Å²) in [4.78, 5) is 6.43. The highest BCUT2D eigenvalue weighted by Gasteiger charge is 2.12. The summed E-state index contributed by atoms with van der Waals surface area (Å²) in [6.07, 6.45) is 0. The molecule has 19 heavy (non-hydrogen) atoms. The lowest BCUT2D eigenvalue weighted by Crippen LogP contribution is -2.22. The second-order valence-corrected chi connectivity index (χ2v) is 5.79. The fourth-order valence-corrected chi connectivity index (χ4v) is 2.63. The fourth-order valence-electron chi connectivity index (χ4n) is 1.86. The maximum atomic E-state index is 7.62. The van der Waals surface area contributed by atoms with E-state index in [0.717, 1.165) is 16.4 Å². The summed E-state index contributed by atoms with van der Waals surface area (Å²) < 4.78 is 0. The molecule has 1 heterocycles. The second kappa shape index (κ2) is 5.59. The number of thiazole rings is 1. The Hall–Kier alpha value is -1.59. The van der Waals surface area contributed by atoms with Gasteiger partial charge in [0.2, 0.25) is 0 Å². The van der Waals surface area contributed by atoms with Crippen LogP contribution in [-0.2, 0) is 6.54 Å². The third kappa shape index (κ3) is 3.24. The molecule has 0 fully saturated rings. The molecule has 4 nitrogen and oxygen atoms in total. The number of nitrogen functional groups attached to an aromatic ring is 1. The number of amidine groups is 1. The number of halogens is 1. The fraction of sp³-hybridized carbons (Fsp3) is 0.231. The zero-order valence-electron chi connectivity index (χ0n) is 10.8. The van der Waals surface area contributed by atoms with Crippen molar-refractivity contribution in [3.63, 3.8) is 0 Å². The minimum Gasteiger partial charge on any atom is -0.384 e. The minimum atomic E-state index is 0.0352. The van der Waals surface area contributed by atoms with Gasteiger partial charge in [0.1, 0.15) is 5.84 Å². The largest absolute Gasteiger partial charge is 0.384 e. The second-order valence-electron chi connectivity index (χ2n) is 4.29. The molecule has 6 heteroatoms. The Morgan fingerprint density at radius 2 is 2.26 bits per heavy atom. The van der Waals surface area contributed by atoms with Gasteiger partial charge in [-0.1, -0.05) is 11.6 Å². The average molecular weight is 295 g/mol. The number of nitrogens with two attached hydrogens (primary N) is 1.